The van der Waals surface area contributed by atoms with Crippen molar-refractivity contribution in [1.29, 1.82) is 0 Å². The molecule has 0 bridgehead atoms. The van der Waals surface area contributed by atoms with Gasteiger partial charge < -0.3 is 15.1 Å². The summed E-state index contributed by atoms with van der Waals surface area (Å²) < 4.78 is 5.63. The first-order chi connectivity index (χ1) is 10.6. The first-order valence-corrected chi connectivity index (χ1v) is 8.41. The molecular weight excluding hydrogens is 296 g/mol. The fourth-order valence-electron chi connectivity index (χ4n) is 2.07. The van der Waals surface area contributed by atoms with E-state index < -0.39 is 0 Å². The van der Waals surface area contributed by atoms with Crippen LogP contribution in [0.15, 0.2) is 27.7 Å². The van der Waals surface area contributed by atoms with Crippen LogP contribution in [-0.2, 0) is 12.8 Å². The Balaban J connectivity index is 1.79. The van der Waals surface area contributed by atoms with Crippen LogP contribution in [0.4, 0.5) is 0 Å². The monoisotopic (exact) mass is 320 g/mol. The predicted octanol–water partition coefficient (Wildman–Crippen LogP) is 3.08. The van der Waals surface area contributed by atoms with E-state index >= 15 is 0 Å². The lowest BCUT2D eigenvalue weighted by Crippen LogP contribution is -2.39. The van der Waals surface area contributed by atoms with Gasteiger partial charge in [0.05, 0.1) is 11.0 Å². The number of aryl methyl sites for hydroxylation is 2. The average Bonchev–Trinajstić information content (AvgIpc) is 3.14. The number of aromatic nitrogens is 1. The van der Waals surface area contributed by atoms with Crippen LogP contribution in [0.1, 0.15) is 41.3 Å². The second kappa shape index (κ2) is 7.98. The van der Waals surface area contributed by atoms with Gasteiger partial charge in [-0.2, -0.15) is 0 Å². The number of thiazole rings is 1. The van der Waals surface area contributed by atoms with Gasteiger partial charge in [0.2, 0.25) is 0 Å². The van der Waals surface area contributed by atoms with Crippen molar-refractivity contribution in [3.63, 3.8) is 0 Å². The fourth-order valence-corrected chi connectivity index (χ4v) is 2.93. The van der Waals surface area contributed by atoms with Crippen LogP contribution in [0, 0.1) is 6.92 Å². The summed E-state index contributed by atoms with van der Waals surface area (Å²) in [5.74, 6) is 2.60. The molecule has 2 aromatic heterocycles. The molecule has 0 spiro atoms. The molecule has 0 aromatic carbocycles. The lowest BCUT2D eigenvalue weighted by molar-refractivity contribution is 0.441. The van der Waals surface area contributed by atoms with Gasteiger partial charge in [0, 0.05) is 31.1 Å². The van der Waals surface area contributed by atoms with Crippen LogP contribution < -0.4 is 10.6 Å². The third-order valence-electron chi connectivity index (χ3n) is 3.35. The highest BCUT2D eigenvalue weighted by Gasteiger charge is 2.11. The Hall–Kier alpha value is -1.82. The van der Waals surface area contributed by atoms with Crippen molar-refractivity contribution in [1.82, 2.24) is 15.6 Å². The summed E-state index contributed by atoms with van der Waals surface area (Å²) in [5.41, 5.74) is 0. The Kier molecular flexibility index (Phi) is 6.00. The molecule has 6 heteroatoms. The van der Waals surface area contributed by atoms with Gasteiger partial charge >= 0.3 is 0 Å². The van der Waals surface area contributed by atoms with Crippen LogP contribution in [0.25, 0.3) is 0 Å². The van der Waals surface area contributed by atoms with Crippen LogP contribution in [-0.4, -0.2) is 24.5 Å². The number of aliphatic imine (C=N–C) groups is 1. The maximum absolute atomic E-state index is 5.63. The Labute approximate surface area is 135 Å². The van der Waals surface area contributed by atoms with E-state index in [0.29, 0.717) is 0 Å². The first kappa shape index (κ1) is 16.5. The fraction of sp³-hybridized carbons (Fsp3) is 0.500. The Morgan fingerprint density at radius 3 is 2.86 bits per heavy atom. The van der Waals surface area contributed by atoms with E-state index in [1.165, 1.54) is 4.88 Å². The van der Waals surface area contributed by atoms with Gasteiger partial charge in [-0.15, -0.1) is 11.3 Å². The molecule has 0 aliphatic carbocycles. The lowest BCUT2D eigenvalue weighted by Gasteiger charge is -2.16. The van der Waals surface area contributed by atoms with Crippen molar-refractivity contribution in [3.8, 4) is 0 Å². The molecule has 0 radical (unpaired) electrons. The number of guanidine groups is 1. The maximum atomic E-state index is 5.63. The topological polar surface area (TPSA) is 62.5 Å². The van der Waals surface area contributed by atoms with Gasteiger partial charge in [-0.05, 0) is 32.4 Å². The summed E-state index contributed by atoms with van der Waals surface area (Å²) in [6.45, 7) is 6.96. The minimum atomic E-state index is 0.0754. The van der Waals surface area contributed by atoms with Gasteiger partial charge in [-0.25, -0.2) is 4.98 Å². The summed E-state index contributed by atoms with van der Waals surface area (Å²) >= 11 is 1.78. The summed E-state index contributed by atoms with van der Waals surface area (Å²) in [4.78, 5) is 10.0. The van der Waals surface area contributed by atoms with E-state index in [1.807, 2.05) is 25.3 Å². The molecule has 0 fully saturated rings. The zero-order valence-corrected chi connectivity index (χ0v) is 14.5. The molecule has 22 heavy (non-hydrogen) atoms. The van der Waals surface area contributed by atoms with E-state index in [1.54, 1.807) is 18.4 Å². The second-order valence-electron chi connectivity index (χ2n) is 5.14. The molecule has 120 valence electrons. The molecule has 0 aliphatic heterocycles. The highest BCUT2D eigenvalue weighted by atomic mass is 32.1. The standard InChI is InChI=1S/C16H24N4OS/c1-5-13-10-19-15(22-13)8-9-18-16(17-4)20-12(3)14-7-6-11(2)21-14/h6-7,10,12H,5,8-9H2,1-4H3,(H2,17,18,20). The summed E-state index contributed by atoms with van der Waals surface area (Å²) in [6.07, 6.45) is 3.92. The maximum Gasteiger partial charge on any atom is 0.191 e. The molecule has 1 unspecified atom stereocenters. The summed E-state index contributed by atoms with van der Waals surface area (Å²) in [7, 11) is 1.77. The normalized spacial score (nSPS) is 13.2. The van der Waals surface area contributed by atoms with Gasteiger partial charge in [0.15, 0.2) is 5.96 Å². The largest absolute Gasteiger partial charge is 0.464 e. The van der Waals surface area contributed by atoms with Gasteiger partial charge in [-0.1, -0.05) is 6.92 Å². The van der Waals surface area contributed by atoms with Crippen molar-refractivity contribution in [2.24, 2.45) is 4.99 Å². The molecular formula is C16H24N4OS. The molecule has 2 aromatic rings. The van der Waals surface area contributed by atoms with Gasteiger partial charge in [0.1, 0.15) is 11.5 Å². The summed E-state index contributed by atoms with van der Waals surface area (Å²) in [5, 5.41) is 7.81. The number of rotatable bonds is 6. The zero-order chi connectivity index (χ0) is 15.9. The molecule has 0 aliphatic rings. The van der Waals surface area contributed by atoms with E-state index in [0.717, 1.165) is 41.9 Å². The molecule has 2 heterocycles. The number of nitrogens with zero attached hydrogens (tertiary/aromatic N) is 2. The van der Waals surface area contributed by atoms with Crippen LogP contribution >= 0.6 is 11.3 Å². The van der Waals surface area contributed by atoms with E-state index in [2.05, 4.69) is 34.5 Å². The molecule has 1 atom stereocenters. The van der Waals surface area contributed by atoms with Crippen molar-refractivity contribution in [2.45, 2.75) is 39.7 Å². The van der Waals surface area contributed by atoms with E-state index in [-0.39, 0.29) is 6.04 Å². The number of nitrogens with one attached hydrogen (secondary N) is 2. The molecule has 0 amide bonds. The van der Waals surface area contributed by atoms with Crippen LogP contribution in [0.3, 0.4) is 0 Å². The number of hydrogen-bond donors (Lipinski definition) is 2. The third kappa shape index (κ3) is 4.59. The molecule has 2 N–H and O–H groups in total. The molecule has 2 rings (SSSR count). The minimum absolute atomic E-state index is 0.0754. The molecule has 0 saturated heterocycles. The molecule has 5 nitrogen and oxygen atoms in total. The van der Waals surface area contributed by atoms with Crippen molar-refractivity contribution in [2.75, 3.05) is 13.6 Å². The van der Waals surface area contributed by atoms with E-state index in [4.69, 9.17) is 4.42 Å². The lowest BCUT2D eigenvalue weighted by atomic mass is 10.2. The minimum Gasteiger partial charge on any atom is -0.464 e. The first-order valence-electron chi connectivity index (χ1n) is 7.59. The highest BCUT2D eigenvalue weighted by molar-refractivity contribution is 7.11. The van der Waals surface area contributed by atoms with Crippen molar-refractivity contribution >= 4 is 17.3 Å². The Bertz CT molecular complexity index is 617. The van der Waals surface area contributed by atoms with Crippen molar-refractivity contribution < 1.29 is 4.42 Å². The Morgan fingerprint density at radius 1 is 1.45 bits per heavy atom. The third-order valence-corrected chi connectivity index (χ3v) is 4.55. The molecule has 0 saturated carbocycles. The second-order valence-corrected chi connectivity index (χ2v) is 6.34. The predicted molar refractivity (Wildman–Crippen MR) is 91.6 cm³/mol. The van der Waals surface area contributed by atoms with Crippen LogP contribution in [0.2, 0.25) is 0 Å². The Morgan fingerprint density at radius 2 is 2.27 bits per heavy atom. The quantitative estimate of drug-likeness (QED) is 0.634. The summed E-state index contributed by atoms with van der Waals surface area (Å²) in [6, 6.07) is 4.03. The zero-order valence-electron chi connectivity index (χ0n) is 13.6. The smallest absolute Gasteiger partial charge is 0.191 e. The van der Waals surface area contributed by atoms with Gasteiger partial charge in [0.25, 0.3) is 0 Å². The number of hydrogen-bond acceptors (Lipinski definition) is 4. The number of furan rings is 1. The van der Waals surface area contributed by atoms with Crippen molar-refractivity contribution in [3.05, 3.63) is 39.7 Å². The highest BCUT2D eigenvalue weighted by Crippen LogP contribution is 2.15. The van der Waals surface area contributed by atoms with Crippen LogP contribution in [0.5, 0.6) is 0 Å². The average molecular weight is 320 g/mol. The SMILES string of the molecule is CCc1cnc(CCNC(=NC)NC(C)c2ccc(C)o2)s1. The van der Waals surface area contributed by atoms with Gasteiger partial charge in [-0.3, -0.25) is 4.99 Å². The van der Waals surface area contributed by atoms with E-state index in [9.17, 15) is 0 Å².